The number of hydrogen-bond acceptors (Lipinski definition) is 3. The molecule has 3 rings (SSSR count). The fourth-order valence-corrected chi connectivity index (χ4v) is 3.06. The molecule has 134 valence electrons. The molecule has 1 heterocycles. The van der Waals surface area contributed by atoms with Crippen LogP contribution in [-0.2, 0) is 11.2 Å². The normalized spacial score (nSPS) is 12.5. The number of anilines is 2. The maximum atomic E-state index is 12.6. The number of fused-ring (bicyclic) bond motifs is 1. The van der Waals surface area contributed by atoms with Crippen molar-refractivity contribution in [2.24, 2.45) is 0 Å². The van der Waals surface area contributed by atoms with Gasteiger partial charge in [-0.3, -0.25) is 14.4 Å². The SMILES string of the molecule is CC(=O)N1CCc2cc(C(=O)Nc3cccc(C(=O)N(C)C)c3)ccc21. The summed E-state index contributed by atoms with van der Waals surface area (Å²) in [5.41, 5.74) is 3.46. The molecule has 0 aromatic heterocycles. The molecule has 1 aliphatic heterocycles. The topological polar surface area (TPSA) is 69.7 Å². The van der Waals surface area contributed by atoms with Crippen molar-refractivity contribution in [3.8, 4) is 0 Å². The molecule has 0 atom stereocenters. The van der Waals surface area contributed by atoms with Crippen LogP contribution in [0.1, 0.15) is 33.2 Å². The quantitative estimate of drug-likeness (QED) is 0.924. The Morgan fingerprint density at radius 3 is 2.50 bits per heavy atom. The van der Waals surface area contributed by atoms with Gasteiger partial charge in [0, 0.05) is 50.1 Å². The van der Waals surface area contributed by atoms with E-state index in [2.05, 4.69) is 5.32 Å². The highest BCUT2D eigenvalue weighted by Crippen LogP contribution is 2.29. The van der Waals surface area contributed by atoms with Crippen LogP contribution in [0.15, 0.2) is 42.5 Å². The number of nitrogens with one attached hydrogen (secondary N) is 1. The number of hydrogen-bond donors (Lipinski definition) is 1. The molecule has 2 aromatic rings. The summed E-state index contributed by atoms with van der Waals surface area (Å²) in [6.07, 6.45) is 0.739. The lowest BCUT2D eigenvalue weighted by molar-refractivity contribution is -0.116. The summed E-state index contributed by atoms with van der Waals surface area (Å²) in [5, 5.41) is 2.83. The van der Waals surface area contributed by atoms with E-state index in [1.807, 2.05) is 12.1 Å². The van der Waals surface area contributed by atoms with E-state index in [1.165, 1.54) is 11.8 Å². The summed E-state index contributed by atoms with van der Waals surface area (Å²) in [7, 11) is 3.37. The van der Waals surface area contributed by atoms with Gasteiger partial charge in [0.2, 0.25) is 5.91 Å². The van der Waals surface area contributed by atoms with Crippen LogP contribution in [0.3, 0.4) is 0 Å². The number of carbonyl (C=O) groups excluding carboxylic acids is 3. The van der Waals surface area contributed by atoms with Gasteiger partial charge in [-0.05, 0) is 48.4 Å². The van der Waals surface area contributed by atoms with Crippen LogP contribution < -0.4 is 10.2 Å². The van der Waals surface area contributed by atoms with Crippen molar-refractivity contribution in [3.63, 3.8) is 0 Å². The lowest BCUT2D eigenvalue weighted by atomic mass is 10.1. The Morgan fingerprint density at radius 1 is 1.04 bits per heavy atom. The van der Waals surface area contributed by atoms with E-state index in [1.54, 1.807) is 49.3 Å². The van der Waals surface area contributed by atoms with Gasteiger partial charge in [0.05, 0.1) is 0 Å². The zero-order chi connectivity index (χ0) is 18.8. The second-order valence-corrected chi connectivity index (χ2v) is 6.50. The van der Waals surface area contributed by atoms with Crippen molar-refractivity contribution in [3.05, 3.63) is 59.2 Å². The molecule has 0 unspecified atom stereocenters. The van der Waals surface area contributed by atoms with Gasteiger partial charge in [-0.2, -0.15) is 0 Å². The van der Waals surface area contributed by atoms with Gasteiger partial charge in [0.1, 0.15) is 0 Å². The number of amides is 3. The summed E-state index contributed by atoms with van der Waals surface area (Å²) >= 11 is 0. The first-order chi connectivity index (χ1) is 12.4. The molecule has 6 nitrogen and oxygen atoms in total. The Kier molecular flexibility index (Phi) is 4.75. The molecule has 3 amide bonds. The van der Waals surface area contributed by atoms with Crippen LogP contribution in [-0.4, -0.2) is 43.3 Å². The van der Waals surface area contributed by atoms with Gasteiger partial charge < -0.3 is 15.1 Å². The van der Waals surface area contributed by atoms with Crippen LogP contribution in [0.5, 0.6) is 0 Å². The number of carbonyl (C=O) groups is 3. The standard InChI is InChI=1S/C20H21N3O3/c1-13(24)23-10-9-14-11-15(7-8-18(14)23)19(25)21-17-6-4-5-16(12-17)20(26)22(2)3/h4-8,11-12H,9-10H2,1-3H3,(H,21,25). The molecule has 0 bridgehead atoms. The Balaban J connectivity index is 1.78. The van der Waals surface area contributed by atoms with E-state index >= 15 is 0 Å². The van der Waals surface area contributed by atoms with E-state index < -0.39 is 0 Å². The van der Waals surface area contributed by atoms with Crippen LogP contribution in [0, 0.1) is 0 Å². The molecule has 0 saturated heterocycles. The molecule has 26 heavy (non-hydrogen) atoms. The second kappa shape index (κ2) is 7.00. The highest BCUT2D eigenvalue weighted by molar-refractivity contribution is 6.06. The molecule has 0 fully saturated rings. The average molecular weight is 351 g/mol. The molecule has 0 radical (unpaired) electrons. The number of benzene rings is 2. The van der Waals surface area contributed by atoms with E-state index in [-0.39, 0.29) is 17.7 Å². The van der Waals surface area contributed by atoms with Gasteiger partial charge in [-0.15, -0.1) is 0 Å². The second-order valence-electron chi connectivity index (χ2n) is 6.50. The van der Waals surface area contributed by atoms with Crippen LogP contribution >= 0.6 is 0 Å². The van der Waals surface area contributed by atoms with Crippen molar-refractivity contribution >= 4 is 29.1 Å². The fourth-order valence-electron chi connectivity index (χ4n) is 3.06. The Hall–Kier alpha value is -3.15. The predicted octanol–water partition coefficient (Wildman–Crippen LogP) is 2.55. The molecular formula is C20H21N3O3. The zero-order valence-electron chi connectivity index (χ0n) is 15.1. The van der Waals surface area contributed by atoms with Crippen LogP contribution in [0.25, 0.3) is 0 Å². The van der Waals surface area contributed by atoms with Crippen molar-refractivity contribution in [1.29, 1.82) is 0 Å². The lowest BCUT2D eigenvalue weighted by Crippen LogP contribution is -2.25. The van der Waals surface area contributed by atoms with Crippen molar-refractivity contribution in [1.82, 2.24) is 4.90 Å². The van der Waals surface area contributed by atoms with E-state index in [0.29, 0.717) is 23.4 Å². The van der Waals surface area contributed by atoms with Crippen LogP contribution in [0.2, 0.25) is 0 Å². The van der Waals surface area contributed by atoms with Crippen LogP contribution in [0.4, 0.5) is 11.4 Å². The van der Waals surface area contributed by atoms with E-state index in [4.69, 9.17) is 0 Å². The average Bonchev–Trinajstić information content (AvgIpc) is 3.04. The largest absolute Gasteiger partial charge is 0.345 e. The van der Waals surface area contributed by atoms with Crippen molar-refractivity contribution < 1.29 is 14.4 Å². The Labute approximate surface area is 152 Å². The molecule has 0 spiro atoms. The third kappa shape index (κ3) is 3.44. The lowest BCUT2D eigenvalue weighted by Gasteiger charge is -2.15. The van der Waals surface area contributed by atoms with Crippen molar-refractivity contribution in [2.75, 3.05) is 30.9 Å². The first kappa shape index (κ1) is 17.7. The summed E-state index contributed by atoms with van der Waals surface area (Å²) in [5.74, 6) is -0.366. The highest BCUT2D eigenvalue weighted by Gasteiger charge is 2.23. The van der Waals surface area contributed by atoms with E-state index in [0.717, 1.165) is 17.7 Å². The molecule has 1 N–H and O–H groups in total. The Morgan fingerprint density at radius 2 is 1.81 bits per heavy atom. The highest BCUT2D eigenvalue weighted by atomic mass is 16.2. The summed E-state index contributed by atoms with van der Waals surface area (Å²) in [6, 6.07) is 12.2. The van der Waals surface area contributed by atoms with Gasteiger partial charge >= 0.3 is 0 Å². The maximum Gasteiger partial charge on any atom is 0.255 e. The molecular weight excluding hydrogens is 330 g/mol. The smallest absolute Gasteiger partial charge is 0.255 e. The monoisotopic (exact) mass is 351 g/mol. The van der Waals surface area contributed by atoms with Crippen molar-refractivity contribution in [2.45, 2.75) is 13.3 Å². The van der Waals surface area contributed by atoms with E-state index in [9.17, 15) is 14.4 Å². The third-order valence-electron chi connectivity index (χ3n) is 4.39. The molecule has 2 aromatic carbocycles. The maximum absolute atomic E-state index is 12.6. The van der Waals surface area contributed by atoms with Gasteiger partial charge in [-0.25, -0.2) is 0 Å². The number of nitrogens with zero attached hydrogens (tertiary/aromatic N) is 2. The summed E-state index contributed by atoms with van der Waals surface area (Å²) in [4.78, 5) is 39.4. The first-order valence-corrected chi connectivity index (χ1v) is 8.41. The Bertz CT molecular complexity index is 890. The van der Waals surface area contributed by atoms with Gasteiger partial charge in [0.25, 0.3) is 11.8 Å². The van der Waals surface area contributed by atoms with Gasteiger partial charge in [0.15, 0.2) is 0 Å². The van der Waals surface area contributed by atoms with Gasteiger partial charge in [-0.1, -0.05) is 6.07 Å². The fraction of sp³-hybridized carbons (Fsp3) is 0.250. The third-order valence-corrected chi connectivity index (χ3v) is 4.39. The first-order valence-electron chi connectivity index (χ1n) is 8.41. The summed E-state index contributed by atoms with van der Waals surface area (Å²) < 4.78 is 0. The zero-order valence-corrected chi connectivity index (χ0v) is 15.1. The minimum absolute atomic E-state index is 0.00308. The summed E-state index contributed by atoms with van der Waals surface area (Å²) in [6.45, 7) is 2.18. The minimum atomic E-state index is -0.247. The minimum Gasteiger partial charge on any atom is -0.345 e. The molecule has 0 saturated carbocycles. The molecule has 6 heteroatoms. The predicted molar refractivity (Wildman–Crippen MR) is 101 cm³/mol. The molecule has 0 aliphatic carbocycles. The number of rotatable bonds is 3. The molecule has 1 aliphatic rings.